The third-order valence-electron chi connectivity index (χ3n) is 2.47. The average molecular weight is 203 g/mol. The molecule has 0 saturated heterocycles. The molecule has 2 aromatic rings. The Kier molecular flexibility index (Phi) is 2.46. The van der Waals surface area contributed by atoms with Gasteiger partial charge in [-0.25, -0.2) is 0 Å². The van der Waals surface area contributed by atoms with Crippen LogP contribution in [0.4, 0.5) is 0 Å². The van der Waals surface area contributed by atoms with Crippen molar-refractivity contribution >= 4 is 16.7 Å². The van der Waals surface area contributed by atoms with Crippen molar-refractivity contribution in [3.05, 3.63) is 30.0 Å². The first-order valence-electron chi connectivity index (χ1n) is 4.95. The number of ketones is 1. The molecule has 0 bridgehead atoms. The molecule has 0 aliphatic carbocycles. The van der Waals surface area contributed by atoms with Crippen LogP contribution >= 0.6 is 0 Å². The Labute approximate surface area is 88.1 Å². The third-order valence-corrected chi connectivity index (χ3v) is 2.47. The number of methoxy groups -OCH3 is 1. The second kappa shape index (κ2) is 3.77. The number of hydrogen-bond acceptors (Lipinski definition) is 2. The molecule has 1 N–H and O–H groups in total. The van der Waals surface area contributed by atoms with Gasteiger partial charge in [0.1, 0.15) is 5.75 Å². The number of Topliss-reactive ketones (excluding diaryl/α,β-unsaturated/α-hetero) is 1. The SMILES string of the molecule is CCC(=O)c1cc2c(OC)cccc2[nH]1. The van der Waals surface area contributed by atoms with E-state index in [1.165, 1.54) is 0 Å². The Morgan fingerprint density at radius 2 is 2.27 bits per heavy atom. The number of ether oxygens (including phenoxy) is 1. The van der Waals surface area contributed by atoms with Crippen LogP contribution < -0.4 is 4.74 Å². The van der Waals surface area contributed by atoms with Gasteiger partial charge in [-0.2, -0.15) is 0 Å². The lowest BCUT2D eigenvalue weighted by atomic mass is 10.2. The summed E-state index contributed by atoms with van der Waals surface area (Å²) in [7, 11) is 1.63. The van der Waals surface area contributed by atoms with Gasteiger partial charge < -0.3 is 9.72 Å². The summed E-state index contributed by atoms with van der Waals surface area (Å²) in [5.41, 5.74) is 1.59. The second-order valence-corrected chi connectivity index (χ2v) is 3.38. The average Bonchev–Trinajstić information content (AvgIpc) is 2.71. The predicted molar refractivity (Wildman–Crippen MR) is 59.5 cm³/mol. The largest absolute Gasteiger partial charge is 0.496 e. The van der Waals surface area contributed by atoms with E-state index in [0.29, 0.717) is 12.1 Å². The fourth-order valence-electron chi connectivity index (χ4n) is 1.65. The molecule has 0 atom stereocenters. The third kappa shape index (κ3) is 1.61. The quantitative estimate of drug-likeness (QED) is 0.779. The van der Waals surface area contributed by atoms with Gasteiger partial charge in [-0.3, -0.25) is 4.79 Å². The van der Waals surface area contributed by atoms with Crippen LogP contribution in [0.15, 0.2) is 24.3 Å². The van der Waals surface area contributed by atoms with Crippen LogP contribution in [0.1, 0.15) is 23.8 Å². The maximum atomic E-state index is 11.5. The summed E-state index contributed by atoms with van der Waals surface area (Å²) in [6, 6.07) is 7.57. The van der Waals surface area contributed by atoms with Gasteiger partial charge in [0.05, 0.1) is 12.8 Å². The van der Waals surface area contributed by atoms with Crippen molar-refractivity contribution in [2.75, 3.05) is 7.11 Å². The summed E-state index contributed by atoms with van der Waals surface area (Å²) in [6.07, 6.45) is 0.509. The zero-order chi connectivity index (χ0) is 10.8. The molecule has 0 radical (unpaired) electrons. The summed E-state index contributed by atoms with van der Waals surface area (Å²) >= 11 is 0. The summed E-state index contributed by atoms with van der Waals surface area (Å²) in [5, 5.41) is 0.955. The van der Waals surface area contributed by atoms with E-state index >= 15 is 0 Å². The van der Waals surface area contributed by atoms with E-state index < -0.39 is 0 Å². The highest BCUT2D eigenvalue weighted by atomic mass is 16.5. The van der Waals surface area contributed by atoms with Crippen LogP contribution in [0.2, 0.25) is 0 Å². The minimum Gasteiger partial charge on any atom is -0.496 e. The molecule has 0 aliphatic heterocycles. The van der Waals surface area contributed by atoms with Crippen molar-refractivity contribution < 1.29 is 9.53 Å². The summed E-state index contributed by atoms with van der Waals surface area (Å²) in [6.45, 7) is 1.85. The van der Waals surface area contributed by atoms with Gasteiger partial charge in [-0.05, 0) is 18.2 Å². The van der Waals surface area contributed by atoms with Gasteiger partial charge >= 0.3 is 0 Å². The lowest BCUT2D eigenvalue weighted by Gasteiger charge is -1.99. The van der Waals surface area contributed by atoms with E-state index in [2.05, 4.69) is 4.98 Å². The van der Waals surface area contributed by atoms with Gasteiger partial charge in [0, 0.05) is 17.3 Å². The predicted octanol–water partition coefficient (Wildman–Crippen LogP) is 2.77. The number of fused-ring (bicyclic) bond motifs is 1. The molecular formula is C12H13NO2. The number of carbonyl (C=O) groups is 1. The van der Waals surface area contributed by atoms with Gasteiger partial charge in [-0.1, -0.05) is 13.0 Å². The second-order valence-electron chi connectivity index (χ2n) is 3.38. The Balaban J connectivity index is 2.60. The smallest absolute Gasteiger partial charge is 0.178 e. The van der Waals surface area contributed by atoms with Crippen molar-refractivity contribution in [3.63, 3.8) is 0 Å². The van der Waals surface area contributed by atoms with E-state index in [4.69, 9.17) is 4.74 Å². The number of hydrogen-bond donors (Lipinski definition) is 1. The van der Waals surface area contributed by atoms with Gasteiger partial charge in [-0.15, -0.1) is 0 Å². The number of aromatic nitrogens is 1. The van der Waals surface area contributed by atoms with E-state index in [0.717, 1.165) is 16.7 Å². The first-order valence-corrected chi connectivity index (χ1v) is 4.95. The van der Waals surface area contributed by atoms with E-state index in [1.54, 1.807) is 7.11 Å². The fourth-order valence-corrected chi connectivity index (χ4v) is 1.65. The van der Waals surface area contributed by atoms with Crippen LogP contribution in [-0.4, -0.2) is 17.9 Å². The van der Waals surface area contributed by atoms with E-state index in [-0.39, 0.29) is 5.78 Å². The van der Waals surface area contributed by atoms with Gasteiger partial charge in [0.25, 0.3) is 0 Å². The van der Waals surface area contributed by atoms with E-state index in [1.807, 2.05) is 31.2 Å². The Hall–Kier alpha value is -1.77. The number of benzene rings is 1. The van der Waals surface area contributed by atoms with Crippen molar-refractivity contribution in [2.45, 2.75) is 13.3 Å². The Bertz CT molecular complexity index is 499. The molecule has 0 fully saturated rings. The standard InChI is InChI=1S/C12H13NO2/c1-3-11(14)10-7-8-9(13-10)5-4-6-12(8)15-2/h4-7,13H,3H2,1-2H3. The number of nitrogens with one attached hydrogen (secondary N) is 1. The van der Waals surface area contributed by atoms with Crippen molar-refractivity contribution in [1.82, 2.24) is 4.98 Å². The van der Waals surface area contributed by atoms with Crippen LogP contribution in [0, 0.1) is 0 Å². The van der Waals surface area contributed by atoms with Crippen molar-refractivity contribution in [3.8, 4) is 5.75 Å². The molecule has 1 aromatic carbocycles. The summed E-state index contributed by atoms with van der Waals surface area (Å²) in [4.78, 5) is 14.6. The molecule has 3 nitrogen and oxygen atoms in total. The zero-order valence-corrected chi connectivity index (χ0v) is 8.83. The molecule has 0 unspecified atom stereocenters. The number of aromatic amines is 1. The number of rotatable bonds is 3. The first kappa shape index (κ1) is 9.77. The number of H-pyrrole nitrogens is 1. The lowest BCUT2D eigenvalue weighted by Crippen LogP contribution is -1.95. The number of carbonyl (C=O) groups excluding carboxylic acids is 1. The van der Waals surface area contributed by atoms with Crippen LogP contribution in [0.3, 0.4) is 0 Å². The first-order chi connectivity index (χ1) is 7.26. The van der Waals surface area contributed by atoms with Crippen LogP contribution in [0.25, 0.3) is 10.9 Å². The zero-order valence-electron chi connectivity index (χ0n) is 8.83. The molecule has 15 heavy (non-hydrogen) atoms. The molecule has 2 rings (SSSR count). The Morgan fingerprint density at radius 3 is 2.93 bits per heavy atom. The van der Waals surface area contributed by atoms with Gasteiger partial charge in [0.2, 0.25) is 0 Å². The summed E-state index contributed by atoms with van der Waals surface area (Å²) < 4.78 is 5.22. The molecule has 1 heterocycles. The van der Waals surface area contributed by atoms with Crippen LogP contribution in [-0.2, 0) is 0 Å². The molecule has 0 saturated carbocycles. The topological polar surface area (TPSA) is 42.1 Å². The molecule has 0 amide bonds. The highest BCUT2D eigenvalue weighted by Crippen LogP contribution is 2.26. The minimum atomic E-state index is 0.119. The highest BCUT2D eigenvalue weighted by Gasteiger charge is 2.09. The summed E-state index contributed by atoms with van der Waals surface area (Å²) in [5.74, 6) is 0.909. The highest BCUT2D eigenvalue weighted by molar-refractivity contribution is 6.00. The maximum absolute atomic E-state index is 11.5. The van der Waals surface area contributed by atoms with E-state index in [9.17, 15) is 4.79 Å². The molecule has 0 spiro atoms. The van der Waals surface area contributed by atoms with Gasteiger partial charge in [0.15, 0.2) is 5.78 Å². The minimum absolute atomic E-state index is 0.119. The Morgan fingerprint density at radius 1 is 1.47 bits per heavy atom. The molecular weight excluding hydrogens is 190 g/mol. The van der Waals surface area contributed by atoms with Crippen LogP contribution in [0.5, 0.6) is 5.75 Å². The van der Waals surface area contributed by atoms with Crippen molar-refractivity contribution in [2.24, 2.45) is 0 Å². The molecule has 3 heteroatoms. The molecule has 0 aliphatic rings. The monoisotopic (exact) mass is 203 g/mol. The normalized spacial score (nSPS) is 10.5. The molecule has 78 valence electrons. The molecule has 1 aromatic heterocycles. The fraction of sp³-hybridized carbons (Fsp3) is 0.250. The maximum Gasteiger partial charge on any atom is 0.178 e. The van der Waals surface area contributed by atoms with Crippen molar-refractivity contribution in [1.29, 1.82) is 0 Å². The lowest BCUT2D eigenvalue weighted by molar-refractivity contribution is 0.0984.